The highest BCUT2D eigenvalue weighted by molar-refractivity contribution is 5.89. The molecule has 4 aromatic heterocycles. The van der Waals surface area contributed by atoms with Crippen LogP contribution in [0.4, 0.5) is 11.8 Å². The van der Waals surface area contributed by atoms with Crippen LogP contribution in [0.2, 0.25) is 0 Å². The molecule has 10 heteroatoms. The fraction of sp³-hybridized carbons (Fsp3) is 0.409. The molecule has 0 bridgehead atoms. The Morgan fingerprint density at radius 3 is 2.75 bits per heavy atom. The first-order chi connectivity index (χ1) is 15.7. The second kappa shape index (κ2) is 9.01. The van der Waals surface area contributed by atoms with Gasteiger partial charge < -0.3 is 20.5 Å². The van der Waals surface area contributed by atoms with Crippen molar-refractivity contribution in [1.29, 1.82) is 0 Å². The minimum Gasteiger partial charge on any atom is -0.394 e. The van der Waals surface area contributed by atoms with Crippen LogP contribution in [0.15, 0.2) is 36.8 Å². The predicted octanol–water partition coefficient (Wildman–Crippen LogP) is 2.51. The molecule has 0 saturated heterocycles. The third-order valence-corrected chi connectivity index (χ3v) is 5.81. The van der Waals surface area contributed by atoms with Crippen LogP contribution >= 0.6 is 0 Å². The highest BCUT2D eigenvalue weighted by atomic mass is 16.5. The van der Waals surface area contributed by atoms with Crippen LogP contribution < -0.4 is 10.6 Å². The number of nitrogens with one attached hydrogen (secondary N) is 2. The minimum atomic E-state index is 0.0693. The quantitative estimate of drug-likeness (QED) is 0.403. The van der Waals surface area contributed by atoms with E-state index in [1.807, 2.05) is 36.0 Å². The summed E-state index contributed by atoms with van der Waals surface area (Å²) in [4.78, 5) is 18.0. The minimum absolute atomic E-state index is 0.0693. The van der Waals surface area contributed by atoms with Crippen LogP contribution in [0.3, 0.4) is 0 Å². The van der Waals surface area contributed by atoms with Gasteiger partial charge in [0.2, 0.25) is 5.95 Å². The Morgan fingerprint density at radius 1 is 1.09 bits per heavy atom. The third-order valence-electron chi connectivity index (χ3n) is 5.81. The van der Waals surface area contributed by atoms with E-state index in [0.717, 1.165) is 53.8 Å². The molecule has 0 amide bonds. The number of fused-ring (bicyclic) bond motifs is 2. The first-order valence-corrected chi connectivity index (χ1v) is 10.9. The van der Waals surface area contributed by atoms with E-state index < -0.39 is 0 Å². The lowest BCUT2D eigenvalue weighted by Crippen LogP contribution is -2.31. The average molecular weight is 435 g/mol. The van der Waals surface area contributed by atoms with Gasteiger partial charge in [0, 0.05) is 37.2 Å². The van der Waals surface area contributed by atoms with Gasteiger partial charge in [-0.2, -0.15) is 4.98 Å². The van der Waals surface area contributed by atoms with Gasteiger partial charge in [-0.15, -0.1) is 5.10 Å². The molecule has 0 unspecified atom stereocenters. The summed E-state index contributed by atoms with van der Waals surface area (Å²) in [7, 11) is 1.85. The zero-order valence-electron chi connectivity index (χ0n) is 17.9. The van der Waals surface area contributed by atoms with Gasteiger partial charge in [0.05, 0.1) is 25.0 Å². The maximum atomic E-state index is 8.93. The molecule has 1 saturated carbocycles. The lowest BCUT2D eigenvalue weighted by Gasteiger charge is -2.29. The molecule has 1 aliphatic carbocycles. The van der Waals surface area contributed by atoms with Crippen LogP contribution in [0, 0.1) is 0 Å². The van der Waals surface area contributed by atoms with Gasteiger partial charge in [-0.3, -0.25) is 4.98 Å². The molecule has 166 valence electrons. The second-order valence-corrected chi connectivity index (χ2v) is 7.86. The average Bonchev–Trinajstić information content (AvgIpc) is 3.27. The molecule has 0 atom stereocenters. The summed E-state index contributed by atoms with van der Waals surface area (Å²) in [6.07, 6.45) is 9.32. The zero-order valence-corrected chi connectivity index (χ0v) is 17.9. The Bertz CT molecular complexity index is 1220. The van der Waals surface area contributed by atoms with Crippen LogP contribution in [-0.4, -0.2) is 67.1 Å². The van der Waals surface area contributed by atoms with Crippen molar-refractivity contribution in [2.45, 2.75) is 37.8 Å². The Hall–Kier alpha value is -3.37. The van der Waals surface area contributed by atoms with Crippen molar-refractivity contribution in [2.24, 2.45) is 0 Å². The van der Waals surface area contributed by atoms with Crippen molar-refractivity contribution in [2.75, 3.05) is 30.9 Å². The monoisotopic (exact) mass is 434 g/mol. The Labute approximate surface area is 185 Å². The molecular formula is C22H26N8O2. The van der Waals surface area contributed by atoms with Crippen LogP contribution in [0.25, 0.3) is 27.9 Å². The molecule has 1 fully saturated rings. The molecule has 5 rings (SSSR count). The number of nitrogens with zero attached hydrogens (tertiary/aromatic N) is 6. The number of ether oxygens (including phenoxy) is 1. The van der Waals surface area contributed by atoms with E-state index in [9.17, 15) is 0 Å². The second-order valence-electron chi connectivity index (χ2n) is 7.86. The molecule has 10 nitrogen and oxygen atoms in total. The normalized spacial score (nSPS) is 18.8. The van der Waals surface area contributed by atoms with Gasteiger partial charge in [-0.05, 0) is 43.9 Å². The van der Waals surface area contributed by atoms with Crippen LogP contribution in [0.1, 0.15) is 25.7 Å². The molecule has 0 spiro atoms. The fourth-order valence-electron chi connectivity index (χ4n) is 4.25. The van der Waals surface area contributed by atoms with Gasteiger partial charge in [0.25, 0.3) is 0 Å². The largest absolute Gasteiger partial charge is 0.394 e. The number of aliphatic hydroxyl groups excluding tert-OH is 1. The van der Waals surface area contributed by atoms with Crippen molar-refractivity contribution < 1.29 is 9.84 Å². The molecule has 0 aromatic carbocycles. The molecule has 4 aromatic rings. The lowest BCUT2D eigenvalue weighted by atomic mass is 9.93. The fourth-order valence-corrected chi connectivity index (χ4v) is 4.25. The van der Waals surface area contributed by atoms with Crippen molar-refractivity contribution in [3.63, 3.8) is 0 Å². The predicted molar refractivity (Wildman–Crippen MR) is 122 cm³/mol. The summed E-state index contributed by atoms with van der Waals surface area (Å²) in [5.41, 5.74) is 3.94. The molecule has 3 N–H and O–H groups in total. The van der Waals surface area contributed by atoms with E-state index in [0.29, 0.717) is 24.2 Å². The first kappa shape index (κ1) is 20.5. The summed E-state index contributed by atoms with van der Waals surface area (Å²) in [5.74, 6) is 1.31. The maximum absolute atomic E-state index is 8.93. The molecule has 1 aliphatic rings. The van der Waals surface area contributed by atoms with E-state index in [-0.39, 0.29) is 12.7 Å². The van der Waals surface area contributed by atoms with E-state index >= 15 is 0 Å². The van der Waals surface area contributed by atoms with Crippen molar-refractivity contribution in [3.8, 4) is 11.3 Å². The van der Waals surface area contributed by atoms with E-state index in [1.54, 1.807) is 12.4 Å². The number of hydrogen-bond donors (Lipinski definition) is 3. The van der Waals surface area contributed by atoms with Gasteiger partial charge >= 0.3 is 0 Å². The van der Waals surface area contributed by atoms with Crippen molar-refractivity contribution in [1.82, 2.24) is 29.5 Å². The topological polar surface area (TPSA) is 122 Å². The molecule has 0 radical (unpaired) electrons. The number of anilines is 2. The summed E-state index contributed by atoms with van der Waals surface area (Å²) in [5, 5.41) is 20.3. The number of aromatic nitrogens is 6. The summed E-state index contributed by atoms with van der Waals surface area (Å²) >= 11 is 0. The van der Waals surface area contributed by atoms with Crippen LogP contribution in [-0.2, 0) is 4.74 Å². The maximum Gasteiger partial charge on any atom is 0.243 e. The van der Waals surface area contributed by atoms with Crippen molar-refractivity contribution in [3.05, 3.63) is 36.8 Å². The Morgan fingerprint density at radius 2 is 1.94 bits per heavy atom. The number of pyridine rings is 1. The Kier molecular flexibility index (Phi) is 5.78. The van der Waals surface area contributed by atoms with E-state index in [4.69, 9.17) is 14.8 Å². The van der Waals surface area contributed by atoms with Gasteiger partial charge in [-0.25, -0.2) is 14.5 Å². The molecular weight excluding hydrogens is 408 g/mol. The highest BCUT2D eigenvalue weighted by Gasteiger charge is 2.23. The highest BCUT2D eigenvalue weighted by Crippen LogP contribution is 2.30. The zero-order chi connectivity index (χ0) is 21.9. The number of hydrogen-bond acceptors (Lipinski definition) is 9. The summed E-state index contributed by atoms with van der Waals surface area (Å²) in [6.45, 7) is 0.475. The van der Waals surface area contributed by atoms with Crippen LogP contribution in [0.5, 0.6) is 0 Å². The smallest absolute Gasteiger partial charge is 0.243 e. The van der Waals surface area contributed by atoms with Gasteiger partial charge in [0.15, 0.2) is 11.5 Å². The molecule has 32 heavy (non-hydrogen) atoms. The van der Waals surface area contributed by atoms with Crippen molar-refractivity contribution >= 4 is 28.4 Å². The lowest BCUT2D eigenvalue weighted by molar-refractivity contribution is 0.00719. The van der Waals surface area contributed by atoms with Gasteiger partial charge in [0.1, 0.15) is 11.0 Å². The number of rotatable bonds is 7. The van der Waals surface area contributed by atoms with Gasteiger partial charge in [-0.1, -0.05) is 0 Å². The Balaban J connectivity index is 1.39. The standard InChI is InChI=1S/C22H26N8O2/c1-23-21-19-16(17-6-7-18-20(27-17)25-10-9-24-18)8-11-30(19)29-22(28-21)26-14-2-4-15(5-3-14)32-13-12-31/h6-11,14-15,31H,2-5,12-13H2,1H3,(H2,23,26,28,29). The first-order valence-electron chi connectivity index (χ1n) is 10.9. The summed E-state index contributed by atoms with van der Waals surface area (Å²) < 4.78 is 7.49. The third kappa shape index (κ3) is 4.06. The number of aliphatic hydroxyl groups is 1. The van der Waals surface area contributed by atoms with E-state index in [2.05, 4.69) is 30.7 Å². The summed E-state index contributed by atoms with van der Waals surface area (Å²) in [6, 6.07) is 6.14. The van der Waals surface area contributed by atoms with E-state index in [1.165, 1.54) is 0 Å². The SMILES string of the molecule is CNc1nc(NC2CCC(OCCO)CC2)nn2ccc(-c3ccc4nccnc4n3)c12. The molecule has 0 aliphatic heterocycles. The molecule has 4 heterocycles.